The molecule has 5 rings (SSSR count). The second kappa shape index (κ2) is 6.25. The van der Waals surface area contributed by atoms with E-state index in [1.54, 1.807) is 17.4 Å². The quantitative estimate of drug-likeness (QED) is 0.331. The van der Waals surface area contributed by atoms with Gasteiger partial charge in [-0.2, -0.15) is 0 Å². The van der Waals surface area contributed by atoms with Crippen LogP contribution in [0.3, 0.4) is 0 Å². The number of nitrogens with zero attached hydrogens (tertiary/aromatic N) is 2. The minimum atomic E-state index is -0.313. The standard InChI is InChI=1S/C20H12N2O2SSe/c23-18-12-16(13-6-1-2-7-14(13)24-18)26-20-19(15-8-5-11-25-15)21-17-9-3-4-10-22(17)20/h1-12H. The van der Waals surface area contributed by atoms with Crippen LogP contribution >= 0.6 is 11.3 Å². The molecule has 0 fully saturated rings. The Bertz CT molecular complexity index is 1290. The summed E-state index contributed by atoms with van der Waals surface area (Å²) in [6.45, 7) is 0. The van der Waals surface area contributed by atoms with Gasteiger partial charge in [-0.15, -0.1) is 0 Å². The van der Waals surface area contributed by atoms with Crippen LogP contribution in [0.15, 0.2) is 81.5 Å². The van der Waals surface area contributed by atoms with Crippen LogP contribution in [0.4, 0.5) is 0 Å². The van der Waals surface area contributed by atoms with E-state index < -0.39 is 0 Å². The molecule has 1 aromatic carbocycles. The third kappa shape index (κ3) is 2.59. The fourth-order valence-electron chi connectivity index (χ4n) is 2.92. The summed E-state index contributed by atoms with van der Waals surface area (Å²) in [5.74, 6) is 0. The molecule has 5 aromatic rings. The topological polar surface area (TPSA) is 47.5 Å². The minimum absolute atomic E-state index is 0.102. The Morgan fingerprint density at radius 3 is 2.81 bits per heavy atom. The Hall–Kier alpha value is -2.66. The maximum atomic E-state index is 12.0. The zero-order chi connectivity index (χ0) is 17.5. The summed E-state index contributed by atoms with van der Waals surface area (Å²) in [6, 6.07) is 19.4. The van der Waals surface area contributed by atoms with Crippen LogP contribution in [0, 0.1) is 0 Å². The maximum absolute atomic E-state index is 12.0. The zero-order valence-electron chi connectivity index (χ0n) is 13.5. The summed E-state index contributed by atoms with van der Waals surface area (Å²) >= 11 is 1.58. The number of para-hydroxylation sites is 1. The average molecular weight is 423 g/mol. The molecule has 0 bridgehead atoms. The summed E-state index contributed by atoms with van der Waals surface area (Å²) in [5, 5.41) is 3.04. The first-order chi connectivity index (χ1) is 12.8. The van der Waals surface area contributed by atoms with Crippen LogP contribution in [0.25, 0.3) is 27.2 Å². The van der Waals surface area contributed by atoms with E-state index in [4.69, 9.17) is 9.40 Å². The van der Waals surface area contributed by atoms with E-state index in [1.165, 1.54) is 0 Å². The molecule has 0 aliphatic carbocycles. The summed E-state index contributed by atoms with van der Waals surface area (Å²) in [4.78, 5) is 18.0. The number of thiophene rings is 1. The summed E-state index contributed by atoms with van der Waals surface area (Å²) in [5.41, 5.74) is 2.22. The van der Waals surface area contributed by atoms with Gasteiger partial charge in [0.15, 0.2) is 0 Å². The van der Waals surface area contributed by atoms with E-state index in [0.717, 1.165) is 30.7 Å². The molecule has 4 aromatic heterocycles. The molecule has 0 spiro atoms. The predicted octanol–water partition coefficient (Wildman–Crippen LogP) is 2.82. The van der Waals surface area contributed by atoms with Crippen LogP contribution in [-0.2, 0) is 0 Å². The predicted molar refractivity (Wildman–Crippen MR) is 106 cm³/mol. The molecular weight excluding hydrogens is 411 g/mol. The van der Waals surface area contributed by atoms with Gasteiger partial charge in [0.1, 0.15) is 0 Å². The first-order valence-corrected chi connectivity index (χ1v) is 10.6. The second-order valence-corrected chi connectivity index (χ2v) is 8.81. The van der Waals surface area contributed by atoms with Gasteiger partial charge in [0.05, 0.1) is 0 Å². The number of fused-ring (bicyclic) bond motifs is 2. The molecule has 4 nitrogen and oxygen atoms in total. The van der Waals surface area contributed by atoms with Gasteiger partial charge in [-0.05, 0) is 0 Å². The van der Waals surface area contributed by atoms with E-state index >= 15 is 0 Å². The van der Waals surface area contributed by atoms with E-state index in [0.29, 0.717) is 5.58 Å². The van der Waals surface area contributed by atoms with Gasteiger partial charge in [-0.1, -0.05) is 0 Å². The van der Waals surface area contributed by atoms with E-state index in [9.17, 15) is 4.79 Å². The van der Waals surface area contributed by atoms with Gasteiger partial charge in [-0.25, -0.2) is 0 Å². The molecule has 0 saturated heterocycles. The molecular formula is C20H12N2O2SSe. The van der Waals surface area contributed by atoms with Crippen molar-refractivity contribution in [2.75, 3.05) is 0 Å². The van der Waals surface area contributed by atoms with Gasteiger partial charge in [0.2, 0.25) is 0 Å². The van der Waals surface area contributed by atoms with E-state index in [1.807, 2.05) is 54.7 Å². The molecule has 0 atom stereocenters. The van der Waals surface area contributed by atoms with Crippen molar-refractivity contribution in [2.24, 2.45) is 0 Å². The third-order valence-electron chi connectivity index (χ3n) is 4.06. The first kappa shape index (κ1) is 15.6. The van der Waals surface area contributed by atoms with Crippen LogP contribution in [0.2, 0.25) is 0 Å². The monoisotopic (exact) mass is 424 g/mol. The van der Waals surface area contributed by atoms with Crippen molar-refractivity contribution in [2.45, 2.75) is 0 Å². The molecule has 0 N–H and O–H groups in total. The Balaban J connectivity index is 1.76. The number of rotatable bonds is 3. The molecule has 0 amide bonds. The molecule has 0 aliphatic heterocycles. The van der Waals surface area contributed by atoms with Crippen molar-refractivity contribution in [3.63, 3.8) is 0 Å². The number of pyridine rings is 1. The van der Waals surface area contributed by atoms with Crippen LogP contribution in [-0.4, -0.2) is 24.3 Å². The summed E-state index contributed by atoms with van der Waals surface area (Å²) in [7, 11) is 0. The second-order valence-electron chi connectivity index (χ2n) is 5.70. The van der Waals surface area contributed by atoms with Gasteiger partial charge < -0.3 is 0 Å². The van der Waals surface area contributed by atoms with Crippen molar-refractivity contribution >= 4 is 52.0 Å². The SMILES string of the molecule is O=c1cc([Se]c2c(-c3cccs3)nc3ccccn23)c2ccccc2o1. The fourth-order valence-corrected chi connectivity index (χ4v) is 6.18. The van der Waals surface area contributed by atoms with Crippen LogP contribution in [0.1, 0.15) is 0 Å². The van der Waals surface area contributed by atoms with Gasteiger partial charge >= 0.3 is 159 Å². The van der Waals surface area contributed by atoms with E-state index in [-0.39, 0.29) is 20.6 Å². The van der Waals surface area contributed by atoms with Crippen molar-refractivity contribution < 1.29 is 4.42 Å². The van der Waals surface area contributed by atoms with E-state index in [2.05, 4.69) is 15.8 Å². The Kier molecular flexibility index (Phi) is 3.75. The molecule has 26 heavy (non-hydrogen) atoms. The molecule has 4 heterocycles. The van der Waals surface area contributed by atoms with Crippen molar-refractivity contribution in [3.05, 3.63) is 82.7 Å². The molecule has 6 heteroatoms. The molecule has 0 aliphatic rings. The average Bonchev–Trinajstić information content (AvgIpc) is 3.30. The Labute approximate surface area is 158 Å². The fraction of sp³-hybridized carbons (Fsp3) is 0. The third-order valence-corrected chi connectivity index (χ3v) is 7.33. The molecule has 0 saturated carbocycles. The van der Waals surface area contributed by atoms with Crippen molar-refractivity contribution in [1.82, 2.24) is 9.38 Å². The zero-order valence-corrected chi connectivity index (χ0v) is 16.0. The van der Waals surface area contributed by atoms with Crippen molar-refractivity contribution in [1.29, 1.82) is 0 Å². The van der Waals surface area contributed by atoms with Gasteiger partial charge in [0, 0.05) is 0 Å². The molecule has 126 valence electrons. The van der Waals surface area contributed by atoms with Crippen LogP contribution < -0.4 is 14.7 Å². The van der Waals surface area contributed by atoms with Crippen LogP contribution in [0.5, 0.6) is 0 Å². The summed E-state index contributed by atoms with van der Waals surface area (Å²) in [6.07, 6.45) is 2.03. The van der Waals surface area contributed by atoms with Crippen molar-refractivity contribution in [3.8, 4) is 10.6 Å². The number of aromatic nitrogens is 2. The molecule has 0 radical (unpaired) electrons. The Morgan fingerprint density at radius 1 is 1.04 bits per heavy atom. The van der Waals surface area contributed by atoms with Gasteiger partial charge in [-0.3, -0.25) is 0 Å². The number of benzene rings is 1. The normalized spacial score (nSPS) is 11.4. The van der Waals surface area contributed by atoms with Gasteiger partial charge in [0.25, 0.3) is 0 Å². The molecule has 0 unspecified atom stereocenters. The summed E-state index contributed by atoms with van der Waals surface area (Å²) < 4.78 is 9.61. The number of imidazole rings is 1. The number of hydrogen-bond donors (Lipinski definition) is 0. The Morgan fingerprint density at radius 2 is 1.92 bits per heavy atom. The number of hydrogen-bond acceptors (Lipinski definition) is 4. The first-order valence-electron chi connectivity index (χ1n) is 8.01.